The van der Waals surface area contributed by atoms with Gasteiger partial charge in [-0.15, -0.1) is 0 Å². The smallest absolute Gasteiger partial charge is 0.166 e. The maximum absolute atomic E-state index is 10.1. The zero-order valence-electron chi connectivity index (χ0n) is 31.5. The number of aromatic nitrogens is 5. The van der Waals surface area contributed by atoms with Crippen LogP contribution in [-0.2, 0) is 0 Å². The molecule has 7 aromatic carbocycles. The van der Waals surface area contributed by atoms with Crippen LogP contribution in [0.4, 0.5) is 0 Å². The van der Waals surface area contributed by atoms with Crippen LogP contribution >= 0.6 is 0 Å². The molecule has 0 aliphatic carbocycles. The lowest BCUT2D eigenvalue weighted by atomic mass is 9.98. The number of pyridine rings is 1. The number of hydrogen-bond donors (Lipinski definition) is 0. The second kappa shape index (κ2) is 14.9. The van der Waals surface area contributed by atoms with E-state index in [-0.39, 0.29) is 0 Å². The molecule has 0 saturated heterocycles. The first-order chi connectivity index (χ1) is 29.2. The van der Waals surface area contributed by atoms with Crippen LogP contribution in [0.25, 0.3) is 95.2 Å². The highest BCUT2D eigenvalue weighted by molar-refractivity contribution is 6.12. The zero-order chi connectivity index (χ0) is 39.7. The summed E-state index contributed by atoms with van der Waals surface area (Å²) in [6, 6.07) is 64.9. The molecule has 0 saturated carbocycles. The fourth-order valence-corrected chi connectivity index (χ4v) is 7.81. The van der Waals surface area contributed by atoms with Gasteiger partial charge in [-0.3, -0.25) is 4.98 Å². The van der Waals surface area contributed by atoms with Gasteiger partial charge < -0.3 is 4.57 Å². The van der Waals surface area contributed by atoms with Crippen LogP contribution in [0.2, 0.25) is 0 Å². The standard InChI is InChI=1S/C52H31N7/c53-32-39-17-7-9-19-41(39)36-22-25-43-44-26-23-37(42-20-10-8-18-40(42)33-54)31-49(44)59(48(43)30-36)47-27-24-38(46-21-11-12-28-55-46)29-45(47)52-57-50(34-13-3-1-4-14-34)56-51(58-52)35-15-5-2-6-16-35/h1-31H. The molecule has 3 aromatic heterocycles. The second-order valence-electron chi connectivity index (χ2n) is 14.1. The first-order valence-electron chi connectivity index (χ1n) is 19.2. The largest absolute Gasteiger partial charge is 0.308 e. The maximum atomic E-state index is 10.1. The number of rotatable bonds is 7. The molecular weight excluding hydrogens is 723 g/mol. The average Bonchev–Trinajstić information content (AvgIpc) is 3.64. The van der Waals surface area contributed by atoms with Crippen molar-refractivity contribution in [3.8, 4) is 85.5 Å². The van der Waals surface area contributed by atoms with Crippen LogP contribution in [0.5, 0.6) is 0 Å². The Hall–Kier alpha value is -8.52. The van der Waals surface area contributed by atoms with Crippen molar-refractivity contribution < 1.29 is 0 Å². The quantitative estimate of drug-likeness (QED) is 0.160. The number of nitriles is 2. The molecule has 0 radical (unpaired) electrons. The van der Waals surface area contributed by atoms with Gasteiger partial charge in [0.15, 0.2) is 17.5 Å². The van der Waals surface area contributed by atoms with E-state index in [0.29, 0.717) is 28.6 Å². The number of benzene rings is 7. The van der Waals surface area contributed by atoms with E-state index in [4.69, 9.17) is 19.9 Å². The zero-order valence-corrected chi connectivity index (χ0v) is 31.5. The SMILES string of the molecule is N#Cc1ccccc1-c1ccc2c3ccc(-c4ccccc4C#N)cc3n(-c3ccc(-c4ccccn4)cc3-c3nc(-c4ccccc4)nc(-c4ccccc4)n3)c2c1. The Morgan fingerprint density at radius 2 is 0.881 bits per heavy atom. The van der Waals surface area contributed by atoms with Gasteiger partial charge in [0, 0.05) is 39.2 Å². The molecule has 7 nitrogen and oxygen atoms in total. The summed E-state index contributed by atoms with van der Waals surface area (Å²) in [6.07, 6.45) is 1.79. The molecule has 0 spiro atoms. The molecule has 274 valence electrons. The maximum Gasteiger partial charge on any atom is 0.166 e. The Balaban J connectivity index is 1.32. The lowest BCUT2D eigenvalue weighted by Gasteiger charge is -2.17. The first kappa shape index (κ1) is 34.9. The van der Waals surface area contributed by atoms with Crippen molar-refractivity contribution in [2.75, 3.05) is 0 Å². The topological polar surface area (TPSA) is 104 Å². The van der Waals surface area contributed by atoms with Crippen molar-refractivity contribution in [3.63, 3.8) is 0 Å². The van der Waals surface area contributed by atoms with Crippen LogP contribution in [0.1, 0.15) is 11.1 Å². The monoisotopic (exact) mass is 753 g/mol. The van der Waals surface area contributed by atoms with Gasteiger partial charge in [0.05, 0.1) is 45.7 Å². The Kier molecular flexibility index (Phi) is 8.80. The predicted molar refractivity (Wildman–Crippen MR) is 234 cm³/mol. The van der Waals surface area contributed by atoms with Crippen molar-refractivity contribution in [1.29, 1.82) is 10.5 Å². The first-order valence-corrected chi connectivity index (χ1v) is 19.2. The molecule has 0 N–H and O–H groups in total. The van der Waals surface area contributed by atoms with Crippen LogP contribution in [0.3, 0.4) is 0 Å². The molecular formula is C52H31N7. The molecule has 3 heterocycles. The molecule has 0 fully saturated rings. The van der Waals surface area contributed by atoms with E-state index < -0.39 is 0 Å². The fourth-order valence-electron chi connectivity index (χ4n) is 7.81. The van der Waals surface area contributed by atoms with Gasteiger partial charge in [0.2, 0.25) is 0 Å². The molecule has 10 rings (SSSR count). The van der Waals surface area contributed by atoms with Crippen molar-refractivity contribution in [2.45, 2.75) is 0 Å². The summed E-state index contributed by atoms with van der Waals surface area (Å²) in [5.41, 5.74) is 11.6. The molecule has 0 aliphatic rings. The van der Waals surface area contributed by atoms with Crippen molar-refractivity contribution >= 4 is 21.8 Å². The van der Waals surface area contributed by atoms with Gasteiger partial charge in [0.1, 0.15) is 0 Å². The highest BCUT2D eigenvalue weighted by atomic mass is 15.1. The van der Waals surface area contributed by atoms with Crippen molar-refractivity contribution in [3.05, 3.63) is 199 Å². The van der Waals surface area contributed by atoms with Crippen LogP contribution in [0, 0.1) is 22.7 Å². The van der Waals surface area contributed by atoms with Crippen molar-refractivity contribution in [1.82, 2.24) is 24.5 Å². The summed E-state index contributed by atoms with van der Waals surface area (Å²) in [7, 11) is 0. The third-order valence-electron chi connectivity index (χ3n) is 10.6. The summed E-state index contributed by atoms with van der Waals surface area (Å²) in [5.74, 6) is 1.60. The van der Waals surface area contributed by atoms with Crippen LogP contribution in [-0.4, -0.2) is 24.5 Å². The van der Waals surface area contributed by atoms with Gasteiger partial charge in [-0.25, -0.2) is 15.0 Å². The molecule has 59 heavy (non-hydrogen) atoms. The molecule has 0 aliphatic heterocycles. The molecule has 0 unspecified atom stereocenters. The van der Waals surface area contributed by atoms with Gasteiger partial charge in [0.25, 0.3) is 0 Å². The number of nitrogens with zero attached hydrogens (tertiary/aromatic N) is 7. The van der Waals surface area contributed by atoms with Crippen molar-refractivity contribution in [2.24, 2.45) is 0 Å². The summed E-state index contributed by atoms with van der Waals surface area (Å²) in [4.78, 5) is 20.1. The second-order valence-corrected chi connectivity index (χ2v) is 14.1. The minimum Gasteiger partial charge on any atom is -0.308 e. The lowest BCUT2D eigenvalue weighted by Crippen LogP contribution is -2.04. The lowest BCUT2D eigenvalue weighted by molar-refractivity contribution is 1.06. The van der Waals surface area contributed by atoms with Crippen LogP contribution in [0.15, 0.2) is 188 Å². The minimum atomic E-state index is 0.498. The van der Waals surface area contributed by atoms with Gasteiger partial charge in [-0.1, -0.05) is 133 Å². The summed E-state index contributed by atoms with van der Waals surface area (Å²) < 4.78 is 2.26. The number of hydrogen-bond acceptors (Lipinski definition) is 6. The van der Waals surface area contributed by atoms with Gasteiger partial charge in [-0.2, -0.15) is 10.5 Å². The third-order valence-corrected chi connectivity index (χ3v) is 10.6. The predicted octanol–water partition coefficient (Wildman–Crippen LogP) is 12.1. The van der Waals surface area contributed by atoms with Gasteiger partial charge >= 0.3 is 0 Å². The van der Waals surface area contributed by atoms with E-state index in [0.717, 1.165) is 77.7 Å². The average molecular weight is 754 g/mol. The van der Waals surface area contributed by atoms with E-state index in [1.807, 2.05) is 127 Å². The molecule has 0 amide bonds. The van der Waals surface area contributed by atoms with E-state index >= 15 is 0 Å². The fraction of sp³-hybridized carbons (Fsp3) is 0. The minimum absolute atomic E-state index is 0.498. The molecule has 10 aromatic rings. The Bertz CT molecular complexity index is 3110. The Labute approximate surface area is 340 Å². The number of fused-ring (bicyclic) bond motifs is 3. The molecule has 0 atom stereocenters. The van der Waals surface area contributed by atoms with Gasteiger partial charge in [-0.05, 0) is 70.8 Å². The van der Waals surface area contributed by atoms with E-state index in [1.165, 1.54) is 0 Å². The van der Waals surface area contributed by atoms with Crippen LogP contribution < -0.4 is 0 Å². The summed E-state index contributed by atoms with van der Waals surface area (Å²) in [5, 5.41) is 22.3. The summed E-state index contributed by atoms with van der Waals surface area (Å²) >= 11 is 0. The highest BCUT2D eigenvalue weighted by Gasteiger charge is 2.22. The normalized spacial score (nSPS) is 11.0. The molecule has 7 heteroatoms. The Morgan fingerprint density at radius 1 is 0.390 bits per heavy atom. The third kappa shape index (κ3) is 6.36. The van der Waals surface area contributed by atoms with E-state index in [1.54, 1.807) is 6.20 Å². The molecule has 0 bridgehead atoms. The Morgan fingerprint density at radius 3 is 1.41 bits per heavy atom. The highest BCUT2D eigenvalue weighted by Crippen LogP contribution is 2.41. The van der Waals surface area contributed by atoms with E-state index in [2.05, 4.69) is 71.3 Å². The summed E-state index contributed by atoms with van der Waals surface area (Å²) in [6.45, 7) is 0. The van der Waals surface area contributed by atoms with E-state index in [9.17, 15) is 10.5 Å².